The second kappa shape index (κ2) is 7.13. The zero-order valence-corrected chi connectivity index (χ0v) is 12.4. The average Bonchev–Trinajstić information content (AvgIpc) is 2.89. The summed E-state index contributed by atoms with van der Waals surface area (Å²) in [7, 11) is 0. The third-order valence-electron chi connectivity index (χ3n) is 3.34. The molecule has 114 valence electrons. The van der Waals surface area contributed by atoms with Crippen molar-refractivity contribution < 1.29 is 14.3 Å². The Morgan fingerprint density at radius 2 is 2.14 bits per heavy atom. The van der Waals surface area contributed by atoms with Crippen LogP contribution >= 0.6 is 0 Å². The van der Waals surface area contributed by atoms with Crippen molar-refractivity contribution in [2.75, 3.05) is 6.54 Å². The van der Waals surface area contributed by atoms with Crippen LogP contribution in [-0.4, -0.2) is 23.8 Å². The second-order valence-electron chi connectivity index (χ2n) is 5.21. The molecule has 21 heavy (non-hydrogen) atoms. The molecular weight excluding hydrogens is 268 g/mol. The van der Waals surface area contributed by atoms with Gasteiger partial charge in [-0.3, -0.25) is 0 Å². The number of amides is 2. The Morgan fingerprint density at radius 1 is 1.38 bits per heavy atom. The molecule has 5 heteroatoms. The molecule has 0 aliphatic rings. The van der Waals surface area contributed by atoms with Crippen molar-refractivity contribution in [3.8, 4) is 0 Å². The van der Waals surface area contributed by atoms with Gasteiger partial charge in [0, 0.05) is 11.9 Å². The molecule has 3 N–H and O–H groups in total. The van der Waals surface area contributed by atoms with Crippen molar-refractivity contribution in [2.45, 2.75) is 38.8 Å². The summed E-state index contributed by atoms with van der Waals surface area (Å²) in [6, 6.07) is 9.10. The molecule has 0 spiro atoms. The average molecular weight is 290 g/mol. The highest BCUT2D eigenvalue weighted by atomic mass is 16.3. The molecule has 0 fully saturated rings. The molecule has 1 aromatic carbocycles. The topological polar surface area (TPSA) is 74.5 Å². The maximum absolute atomic E-state index is 11.8. The predicted molar refractivity (Wildman–Crippen MR) is 82.1 cm³/mol. The van der Waals surface area contributed by atoms with Crippen LogP contribution in [0.1, 0.15) is 38.5 Å². The number of aliphatic hydroxyl groups excluding tert-OH is 1. The first-order valence-electron chi connectivity index (χ1n) is 7.31. The number of aliphatic hydroxyl groups is 1. The Kier molecular flexibility index (Phi) is 5.22. The van der Waals surface area contributed by atoms with Gasteiger partial charge < -0.3 is 20.2 Å². The number of rotatable bonds is 6. The largest absolute Gasteiger partial charge is 0.459 e. The standard InChI is InChI=1S/C16H22N2O3/c1-3-6-13(19)10-17-16(20)18-11(2)15-9-12-7-4-5-8-14(12)21-15/h4-5,7-9,11,13,19H,3,6,10H2,1-2H3,(H2,17,18,20). The summed E-state index contributed by atoms with van der Waals surface area (Å²) in [5, 5.41) is 16.1. The molecule has 1 heterocycles. The van der Waals surface area contributed by atoms with Gasteiger partial charge in [-0.2, -0.15) is 0 Å². The van der Waals surface area contributed by atoms with E-state index in [4.69, 9.17) is 4.42 Å². The van der Waals surface area contributed by atoms with Crippen molar-refractivity contribution in [3.05, 3.63) is 36.1 Å². The van der Waals surface area contributed by atoms with Crippen molar-refractivity contribution in [2.24, 2.45) is 0 Å². The first-order chi connectivity index (χ1) is 10.1. The van der Waals surface area contributed by atoms with Gasteiger partial charge >= 0.3 is 6.03 Å². The van der Waals surface area contributed by atoms with Crippen LogP contribution < -0.4 is 10.6 Å². The van der Waals surface area contributed by atoms with Gasteiger partial charge in [0.2, 0.25) is 0 Å². The SMILES string of the molecule is CCCC(O)CNC(=O)NC(C)c1cc2ccccc2o1. The minimum Gasteiger partial charge on any atom is -0.459 e. The number of fused-ring (bicyclic) bond motifs is 1. The number of urea groups is 1. The summed E-state index contributed by atoms with van der Waals surface area (Å²) in [5.41, 5.74) is 0.805. The Hall–Kier alpha value is -2.01. The van der Waals surface area contributed by atoms with Crippen molar-refractivity contribution in [1.29, 1.82) is 0 Å². The van der Waals surface area contributed by atoms with E-state index in [1.807, 2.05) is 44.2 Å². The van der Waals surface area contributed by atoms with E-state index >= 15 is 0 Å². The molecule has 0 radical (unpaired) electrons. The van der Waals surface area contributed by atoms with Gasteiger partial charge in [0.15, 0.2) is 0 Å². The van der Waals surface area contributed by atoms with Crippen LogP contribution in [0.25, 0.3) is 11.0 Å². The van der Waals surface area contributed by atoms with E-state index < -0.39 is 6.10 Å². The van der Waals surface area contributed by atoms with Crippen LogP contribution in [0.4, 0.5) is 4.79 Å². The monoisotopic (exact) mass is 290 g/mol. The van der Waals surface area contributed by atoms with E-state index in [9.17, 15) is 9.90 Å². The van der Waals surface area contributed by atoms with E-state index in [1.165, 1.54) is 0 Å². The minimum atomic E-state index is -0.498. The van der Waals surface area contributed by atoms with Crippen LogP contribution in [0.2, 0.25) is 0 Å². The summed E-state index contributed by atoms with van der Waals surface area (Å²) in [4.78, 5) is 11.8. The Labute approximate surface area is 124 Å². The zero-order chi connectivity index (χ0) is 15.2. The number of hydrogen-bond donors (Lipinski definition) is 3. The molecule has 0 aliphatic carbocycles. The molecule has 0 bridgehead atoms. The maximum atomic E-state index is 11.8. The fourth-order valence-electron chi connectivity index (χ4n) is 2.18. The van der Waals surface area contributed by atoms with Gasteiger partial charge in [-0.25, -0.2) is 4.79 Å². The fourth-order valence-corrected chi connectivity index (χ4v) is 2.18. The molecule has 5 nitrogen and oxygen atoms in total. The fraction of sp³-hybridized carbons (Fsp3) is 0.438. The number of furan rings is 1. The van der Waals surface area contributed by atoms with E-state index in [0.717, 1.165) is 17.4 Å². The molecule has 0 aliphatic heterocycles. The Morgan fingerprint density at radius 3 is 2.86 bits per heavy atom. The third kappa shape index (κ3) is 4.23. The lowest BCUT2D eigenvalue weighted by Crippen LogP contribution is -2.40. The highest BCUT2D eigenvalue weighted by Gasteiger charge is 2.14. The number of carbonyl (C=O) groups is 1. The number of benzene rings is 1. The summed E-state index contributed by atoms with van der Waals surface area (Å²) in [5.74, 6) is 0.709. The van der Waals surface area contributed by atoms with E-state index in [1.54, 1.807) is 0 Å². The Bertz CT molecular complexity index is 561. The first kappa shape index (κ1) is 15.4. The molecule has 2 unspecified atom stereocenters. The highest BCUT2D eigenvalue weighted by molar-refractivity contribution is 5.78. The quantitative estimate of drug-likeness (QED) is 0.765. The summed E-state index contributed by atoms with van der Waals surface area (Å²) < 4.78 is 5.70. The summed E-state index contributed by atoms with van der Waals surface area (Å²) >= 11 is 0. The van der Waals surface area contributed by atoms with Crippen LogP contribution in [0.5, 0.6) is 0 Å². The number of nitrogens with one attached hydrogen (secondary N) is 2. The van der Waals surface area contributed by atoms with Crippen molar-refractivity contribution in [1.82, 2.24) is 10.6 Å². The van der Waals surface area contributed by atoms with Gasteiger partial charge in [-0.1, -0.05) is 31.5 Å². The van der Waals surface area contributed by atoms with Crippen LogP contribution in [0, 0.1) is 0 Å². The highest BCUT2D eigenvalue weighted by Crippen LogP contribution is 2.23. The zero-order valence-electron chi connectivity index (χ0n) is 12.4. The number of hydrogen-bond acceptors (Lipinski definition) is 3. The van der Waals surface area contributed by atoms with Crippen LogP contribution in [-0.2, 0) is 0 Å². The van der Waals surface area contributed by atoms with Crippen molar-refractivity contribution in [3.63, 3.8) is 0 Å². The van der Waals surface area contributed by atoms with Gasteiger partial charge in [-0.15, -0.1) is 0 Å². The predicted octanol–water partition coefficient (Wildman–Crippen LogP) is 2.95. The van der Waals surface area contributed by atoms with Gasteiger partial charge in [-0.05, 0) is 25.5 Å². The van der Waals surface area contributed by atoms with E-state index in [2.05, 4.69) is 10.6 Å². The molecule has 2 atom stereocenters. The minimum absolute atomic E-state index is 0.235. The summed E-state index contributed by atoms with van der Waals surface area (Å²) in [6.45, 7) is 4.11. The van der Waals surface area contributed by atoms with E-state index in [-0.39, 0.29) is 18.6 Å². The Balaban J connectivity index is 1.88. The third-order valence-corrected chi connectivity index (χ3v) is 3.34. The smallest absolute Gasteiger partial charge is 0.315 e. The van der Waals surface area contributed by atoms with Crippen LogP contribution in [0.3, 0.4) is 0 Å². The first-order valence-corrected chi connectivity index (χ1v) is 7.31. The van der Waals surface area contributed by atoms with Gasteiger partial charge in [0.1, 0.15) is 11.3 Å². The van der Waals surface area contributed by atoms with Gasteiger partial charge in [0.25, 0.3) is 0 Å². The molecular formula is C16H22N2O3. The van der Waals surface area contributed by atoms with Crippen molar-refractivity contribution >= 4 is 17.0 Å². The second-order valence-corrected chi connectivity index (χ2v) is 5.21. The molecule has 0 saturated heterocycles. The number of carbonyl (C=O) groups excluding carboxylic acids is 1. The van der Waals surface area contributed by atoms with E-state index in [0.29, 0.717) is 12.2 Å². The number of para-hydroxylation sites is 1. The molecule has 2 aromatic rings. The molecule has 2 rings (SSSR count). The lowest BCUT2D eigenvalue weighted by molar-refractivity contribution is 0.160. The summed E-state index contributed by atoms with van der Waals surface area (Å²) in [6.07, 6.45) is 1.07. The lowest BCUT2D eigenvalue weighted by atomic mass is 10.2. The molecule has 0 saturated carbocycles. The normalized spacial score (nSPS) is 13.9. The molecule has 1 aromatic heterocycles. The lowest BCUT2D eigenvalue weighted by Gasteiger charge is -2.14. The van der Waals surface area contributed by atoms with Gasteiger partial charge in [0.05, 0.1) is 12.1 Å². The van der Waals surface area contributed by atoms with Crippen LogP contribution in [0.15, 0.2) is 34.7 Å². The molecule has 2 amide bonds. The maximum Gasteiger partial charge on any atom is 0.315 e.